The third-order valence-electron chi connectivity index (χ3n) is 4.00. The molecule has 0 bridgehead atoms. The fourth-order valence-corrected chi connectivity index (χ4v) is 2.65. The van der Waals surface area contributed by atoms with Crippen LogP contribution < -0.4 is 0 Å². The van der Waals surface area contributed by atoms with Gasteiger partial charge in [-0.15, -0.1) is 0 Å². The molecule has 0 unspecified atom stereocenters. The Morgan fingerprint density at radius 3 is 2.68 bits per heavy atom. The monoisotopic (exact) mass is 310 g/mol. The average molecular weight is 310 g/mol. The Labute approximate surface area is 131 Å². The lowest BCUT2D eigenvalue weighted by Gasteiger charge is -2.36. The van der Waals surface area contributed by atoms with Gasteiger partial charge >= 0.3 is 0 Å². The van der Waals surface area contributed by atoms with Gasteiger partial charge in [0.15, 0.2) is 0 Å². The standard InChI is InChI=1S/C15H26N4O3/c1-3-22-11-14(20)10-17-6-8-18(9-7-17)15(21)13(2)19-5-4-16-12-19/h4-5,12-14,20H,3,6-11H2,1-2H3/t13-,14-/m0/s1. The Bertz CT molecular complexity index is 444. The van der Waals surface area contributed by atoms with Gasteiger partial charge in [0.1, 0.15) is 6.04 Å². The van der Waals surface area contributed by atoms with Crippen LogP contribution in [-0.2, 0) is 9.53 Å². The fourth-order valence-electron chi connectivity index (χ4n) is 2.65. The van der Waals surface area contributed by atoms with E-state index in [0.29, 0.717) is 32.8 Å². The van der Waals surface area contributed by atoms with Gasteiger partial charge in [-0.25, -0.2) is 4.98 Å². The maximum atomic E-state index is 12.5. The molecule has 1 amide bonds. The number of carbonyl (C=O) groups is 1. The van der Waals surface area contributed by atoms with E-state index in [4.69, 9.17) is 4.74 Å². The first-order valence-corrected chi connectivity index (χ1v) is 7.86. The zero-order valence-corrected chi connectivity index (χ0v) is 13.4. The molecule has 124 valence electrons. The van der Waals surface area contributed by atoms with Crippen molar-refractivity contribution >= 4 is 5.91 Å². The first-order chi connectivity index (χ1) is 10.6. The van der Waals surface area contributed by atoms with Crippen LogP contribution in [0.3, 0.4) is 0 Å². The summed E-state index contributed by atoms with van der Waals surface area (Å²) >= 11 is 0. The molecule has 7 heteroatoms. The molecule has 1 saturated heterocycles. The number of nitrogens with zero attached hydrogens (tertiary/aromatic N) is 4. The number of rotatable bonds is 7. The van der Waals surface area contributed by atoms with Gasteiger partial charge < -0.3 is 19.3 Å². The zero-order valence-electron chi connectivity index (χ0n) is 13.4. The number of β-amino-alcohol motifs (C(OH)–C–C–N with tert-alkyl or cyclic N) is 1. The van der Waals surface area contributed by atoms with E-state index in [2.05, 4.69) is 9.88 Å². The van der Waals surface area contributed by atoms with Gasteiger partial charge in [0.25, 0.3) is 0 Å². The highest BCUT2D eigenvalue weighted by Gasteiger charge is 2.26. The Balaban J connectivity index is 1.76. The van der Waals surface area contributed by atoms with Crippen molar-refractivity contribution in [3.8, 4) is 0 Å². The van der Waals surface area contributed by atoms with Gasteiger partial charge in [0.05, 0.1) is 19.0 Å². The molecule has 22 heavy (non-hydrogen) atoms. The number of imidazole rings is 1. The first kappa shape index (κ1) is 16.9. The molecule has 0 aromatic carbocycles. The molecule has 2 heterocycles. The molecular formula is C15H26N4O3. The Morgan fingerprint density at radius 1 is 1.36 bits per heavy atom. The Hall–Kier alpha value is -1.44. The van der Waals surface area contributed by atoms with Crippen LogP contribution in [-0.4, -0.2) is 82.4 Å². The van der Waals surface area contributed by atoms with Crippen molar-refractivity contribution in [3.63, 3.8) is 0 Å². The topological polar surface area (TPSA) is 70.8 Å². The number of aliphatic hydroxyl groups excluding tert-OH is 1. The Kier molecular flexibility index (Phi) is 6.35. The molecule has 1 aliphatic heterocycles. The van der Waals surface area contributed by atoms with Crippen molar-refractivity contribution in [2.24, 2.45) is 0 Å². The van der Waals surface area contributed by atoms with Gasteiger partial charge in [0.2, 0.25) is 5.91 Å². The molecule has 1 aliphatic rings. The van der Waals surface area contributed by atoms with Crippen LogP contribution in [0.4, 0.5) is 0 Å². The molecule has 1 N–H and O–H groups in total. The molecule has 0 aliphatic carbocycles. The van der Waals surface area contributed by atoms with Gasteiger partial charge in [0, 0.05) is 51.7 Å². The van der Waals surface area contributed by atoms with Crippen molar-refractivity contribution in [1.82, 2.24) is 19.4 Å². The smallest absolute Gasteiger partial charge is 0.245 e. The summed E-state index contributed by atoms with van der Waals surface area (Å²) < 4.78 is 7.04. The molecule has 7 nitrogen and oxygen atoms in total. The molecule has 2 atom stereocenters. The highest BCUT2D eigenvalue weighted by Crippen LogP contribution is 2.12. The van der Waals surface area contributed by atoms with E-state index >= 15 is 0 Å². The molecule has 2 rings (SSSR count). The van der Waals surface area contributed by atoms with Gasteiger partial charge in [-0.05, 0) is 13.8 Å². The zero-order chi connectivity index (χ0) is 15.9. The van der Waals surface area contributed by atoms with Gasteiger partial charge in [-0.3, -0.25) is 9.69 Å². The number of hydrogen-bond donors (Lipinski definition) is 1. The van der Waals surface area contributed by atoms with E-state index in [1.165, 1.54) is 0 Å². The van der Waals surface area contributed by atoms with Crippen molar-refractivity contribution in [2.45, 2.75) is 26.0 Å². The summed E-state index contributed by atoms with van der Waals surface area (Å²) in [6, 6.07) is -0.224. The van der Waals surface area contributed by atoms with Gasteiger partial charge in [-0.1, -0.05) is 0 Å². The summed E-state index contributed by atoms with van der Waals surface area (Å²) in [5.74, 6) is 0.118. The van der Waals surface area contributed by atoms with Crippen LogP contribution in [0.15, 0.2) is 18.7 Å². The number of aliphatic hydroxyl groups is 1. The minimum atomic E-state index is -0.466. The minimum absolute atomic E-state index is 0.118. The summed E-state index contributed by atoms with van der Waals surface area (Å²) in [5.41, 5.74) is 0. The van der Waals surface area contributed by atoms with E-state index in [9.17, 15) is 9.90 Å². The largest absolute Gasteiger partial charge is 0.389 e. The molecule has 0 saturated carbocycles. The number of aromatic nitrogens is 2. The van der Waals surface area contributed by atoms with Crippen molar-refractivity contribution in [2.75, 3.05) is 45.9 Å². The number of ether oxygens (including phenoxy) is 1. The normalized spacial score (nSPS) is 19.1. The third-order valence-corrected chi connectivity index (χ3v) is 4.00. The molecule has 1 fully saturated rings. The van der Waals surface area contributed by atoms with E-state index in [-0.39, 0.29) is 11.9 Å². The van der Waals surface area contributed by atoms with Crippen molar-refractivity contribution < 1.29 is 14.6 Å². The van der Waals surface area contributed by atoms with Crippen molar-refractivity contribution in [1.29, 1.82) is 0 Å². The second-order valence-electron chi connectivity index (χ2n) is 5.63. The number of hydrogen-bond acceptors (Lipinski definition) is 5. The van der Waals surface area contributed by atoms with E-state index < -0.39 is 6.10 Å². The van der Waals surface area contributed by atoms with E-state index in [1.54, 1.807) is 12.5 Å². The third kappa shape index (κ3) is 4.53. The Morgan fingerprint density at radius 2 is 2.09 bits per heavy atom. The molecular weight excluding hydrogens is 284 g/mol. The lowest BCUT2D eigenvalue weighted by atomic mass is 10.2. The van der Waals surface area contributed by atoms with Gasteiger partial charge in [-0.2, -0.15) is 0 Å². The number of piperazine rings is 1. The predicted octanol–water partition coefficient (Wildman–Crippen LogP) is -0.0143. The van der Waals surface area contributed by atoms with Crippen LogP contribution >= 0.6 is 0 Å². The number of amides is 1. The quantitative estimate of drug-likeness (QED) is 0.767. The average Bonchev–Trinajstić information content (AvgIpc) is 3.06. The molecule has 1 aromatic rings. The lowest BCUT2D eigenvalue weighted by molar-refractivity contribution is -0.136. The SMILES string of the molecule is CCOC[C@@H](O)CN1CCN(C(=O)[C@H](C)n2ccnc2)CC1. The maximum absolute atomic E-state index is 12.5. The van der Waals surface area contributed by atoms with Crippen LogP contribution in [0.2, 0.25) is 0 Å². The molecule has 0 radical (unpaired) electrons. The fraction of sp³-hybridized carbons (Fsp3) is 0.733. The summed E-state index contributed by atoms with van der Waals surface area (Å²) in [7, 11) is 0. The predicted molar refractivity (Wildman–Crippen MR) is 82.5 cm³/mol. The molecule has 1 aromatic heterocycles. The van der Waals surface area contributed by atoms with E-state index in [0.717, 1.165) is 13.1 Å². The summed E-state index contributed by atoms with van der Waals surface area (Å²) in [4.78, 5) is 20.5. The molecule has 0 spiro atoms. The lowest BCUT2D eigenvalue weighted by Crippen LogP contribution is -2.52. The minimum Gasteiger partial charge on any atom is -0.389 e. The highest BCUT2D eigenvalue weighted by atomic mass is 16.5. The first-order valence-electron chi connectivity index (χ1n) is 7.86. The van der Waals surface area contributed by atoms with Crippen molar-refractivity contribution in [3.05, 3.63) is 18.7 Å². The van der Waals surface area contributed by atoms with Crippen LogP contribution in [0.5, 0.6) is 0 Å². The maximum Gasteiger partial charge on any atom is 0.245 e. The second-order valence-corrected chi connectivity index (χ2v) is 5.63. The van der Waals surface area contributed by atoms with Crippen LogP contribution in [0, 0.1) is 0 Å². The summed E-state index contributed by atoms with van der Waals surface area (Å²) in [6.07, 6.45) is 4.69. The highest BCUT2D eigenvalue weighted by molar-refractivity contribution is 5.80. The summed E-state index contributed by atoms with van der Waals surface area (Å²) in [6.45, 7) is 8.34. The van der Waals surface area contributed by atoms with Crippen LogP contribution in [0.25, 0.3) is 0 Å². The van der Waals surface area contributed by atoms with E-state index in [1.807, 2.05) is 29.5 Å². The summed E-state index contributed by atoms with van der Waals surface area (Å²) in [5, 5.41) is 9.86. The van der Waals surface area contributed by atoms with Crippen LogP contribution in [0.1, 0.15) is 19.9 Å². The second kappa shape index (κ2) is 8.26. The number of carbonyl (C=O) groups excluding carboxylic acids is 1.